The third-order valence-corrected chi connectivity index (χ3v) is 5.43. The molecule has 0 unspecified atom stereocenters. The number of likely N-dealkylation sites (tertiary alicyclic amines) is 1. The lowest BCUT2D eigenvalue weighted by Crippen LogP contribution is -2.48. The van der Waals surface area contributed by atoms with E-state index in [1.54, 1.807) is 0 Å². The number of amides is 1. The highest BCUT2D eigenvalue weighted by molar-refractivity contribution is 6.34. The van der Waals surface area contributed by atoms with Gasteiger partial charge in [-0.15, -0.1) is 0 Å². The first-order valence-corrected chi connectivity index (χ1v) is 8.82. The van der Waals surface area contributed by atoms with Crippen LogP contribution in [0, 0.1) is 13.8 Å². The largest absolute Gasteiger partial charge is 0.380 e. The van der Waals surface area contributed by atoms with Crippen molar-refractivity contribution in [2.24, 2.45) is 0 Å². The fourth-order valence-corrected chi connectivity index (χ4v) is 3.74. The lowest BCUT2D eigenvalue weighted by molar-refractivity contribution is 0.0875. The van der Waals surface area contributed by atoms with Crippen LogP contribution >= 0.6 is 11.6 Å². The minimum Gasteiger partial charge on any atom is -0.380 e. The number of nitrogens with one attached hydrogen (secondary N) is 1. The summed E-state index contributed by atoms with van der Waals surface area (Å²) in [5.41, 5.74) is 2.79. The van der Waals surface area contributed by atoms with Crippen molar-refractivity contribution in [1.82, 2.24) is 10.2 Å². The van der Waals surface area contributed by atoms with Crippen molar-refractivity contribution in [2.75, 3.05) is 26.3 Å². The Morgan fingerprint density at radius 3 is 2.57 bits per heavy atom. The highest BCUT2D eigenvalue weighted by Gasteiger charge is 2.28. The molecule has 0 radical (unpaired) electrons. The molecule has 2 aliphatic heterocycles. The molecular weight excluding hydrogens is 312 g/mol. The van der Waals surface area contributed by atoms with Crippen molar-refractivity contribution < 1.29 is 9.53 Å². The van der Waals surface area contributed by atoms with E-state index in [0.29, 0.717) is 16.6 Å². The molecule has 126 valence electrons. The van der Waals surface area contributed by atoms with E-state index in [2.05, 4.69) is 10.2 Å². The molecule has 4 nitrogen and oxygen atoms in total. The molecule has 0 aliphatic carbocycles. The zero-order valence-corrected chi connectivity index (χ0v) is 14.7. The van der Waals surface area contributed by atoms with Crippen LogP contribution < -0.4 is 5.32 Å². The summed E-state index contributed by atoms with van der Waals surface area (Å²) < 4.78 is 5.47. The minimum absolute atomic E-state index is 0.0549. The number of aryl methyl sites for hydroxylation is 2. The maximum atomic E-state index is 12.5. The molecule has 0 aromatic heterocycles. The van der Waals surface area contributed by atoms with Crippen molar-refractivity contribution in [3.8, 4) is 0 Å². The van der Waals surface area contributed by atoms with E-state index in [-0.39, 0.29) is 11.9 Å². The number of carbonyl (C=O) groups is 1. The van der Waals surface area contributed by atoms with E-state index in [1.165, 1.54) is 0 Å². The number of hydrogen-bond acceptors (Lipinski definition) is 3. The summed E-state index contributed by atoms with van der Waals surface area (Å²) in [6, 6.07) is 4.56. The predicted octanol–water partition coefficient (Wildman–Crippen LogP) is 2.94. The predicted molar refractivity (Wildman–Crippen MR) is 92.2 cm³/mol. The van der Waals surface area contributed by atoms with Gasteiger partial charge in [0.2, 0.25) is 0 Å². The SMILES string of the molecule is Cc1cc(Cl)c(C(=O)NC2CCN([C@H]3CCOC3)CC2)cc1C. The molecule has 0 spiro atoms. The third-order valence-electron chi connectivity index (χ3n) is 5.11. The molecule has 5 heteroatoms. The Hall–Kier alpha value is -1.10. The second kappa shape index (κ2) is 7.20. The van der Waals surface area contributed by atoms with Crippen molar-refractivity contribution in [2.45, 2.75) is 45.2 Å². The van der Waals surface area contributed by atoms with Crippen LogP contribution in [0.15, 0.2) is 12.1 Å². The van der Waals surface area contributed by atoms with Gasteiger partial charge in [-0.05, 0) is 56.4 Å². The number of halogens is 1. The summed E-state index contributed by atoms with van der Waals surface area (Å²) >= 11 is 6.24. The van der Waals surface area contributed by atoms with Gasteiger partial charge < -0.3 is 10.1 Å². The Kier molecular flexibility index (Phi) is 5.24. The monoisotopic (exact) mass is 336 g/mol. The second-order valence-corrected chi connectivity index (χ2v) is 7.12. The van der Waals surface area contributed by atoms with Crippen LogP contribution in [-0.2, 0) is 4.74 Å². The van der Waals surface area contributed by atoms with Gasteiger partial charge in [-0.3, -0.25) is 9.69 Å². The lowest BCUT2D eigenvalue weighted by Gasteiger charge is -2.35. The summed E-state index contributed by atoms with van der Waals surface area (Å²) in [6.45, 7) is 7.80. The summed E-state index contributed by atoms with van der Waals surface area (Å²) in [4.78, 5) is 15.0. The van der Waals surface area contributed by atoms with Gasteiger partial charge in [0.15, 0.2) is 0 Å². The Balaban J connectivity index is 1.56. The van der Waals surface area contributed by atoms with E-state index in [0.717, 1.165) is 56.7 Å². The van der Waals surface area contributed by atoms with Crippen LogP contribution in [0.5, 0.6) is 0 Å². The number of carbonyl (C=O) groups excluding carboxylic acids is 1. The van der Waals surface area contributed by atoms with E-state index in [4.69, 9.17) is 16.3 Å². The van der Waals surface area contributed by atoms with Crippen LogP contribution in [0.1, 0.15) is 40.7 Å². The van der Waals surface area contributed by atoms with Crippen molar-refractivity contribution in [3.05, 3.63) is 33.8 Å². The fraction of sp³-hybridized carbons (Fsp3) is 0.611. The lowest BCUT2D eigenvalue weighted by atomic mass is 10.0. The highest BCUT2D eigenvalue weighted by Crippen LogP contribution is 2.22. The molecule has 1 amide bonds. The van der Waals surface area contributed by atoms with Crippen molar-refractivity contribution in [3.63, 3.8) is 0 Å². The second-order valence-electron chi connectivity index (χ2n) is 6.72. The normalized spacial score (nSPS) is 23.2. The van der Waals surface area contributed by atoms with Crippen LogP contribution in [0.4, 0.5) is 0 Å². The van der Waals surface area contributed by atoms with Crippen LogP contribution in [0.25, 0.3) is 0 Å². The standard InChI is InChI=1S/C18H25ClN2O2/c1-12-9-16(17(19)10-13(12)2)18(22)20-14-3-6-21(7-4-14)15-5-8-23-11-15/h9-10,14-15H,3-8,11H2,1-2H3,(H,20,22)/t15-/m0/s1. The smallest absolute Gasteiger partial charge is 0.253 e. The number of nitrogens with zero attached hydrogens (tertiary/aromatic N) is 1. The molecule has 3 rings (SSSR count). The number of hydrogen-bond donors (Lipinski definition) is 1. The molecular formula is C18H25ClN2O2. The molecule has 0 saturated carbocycles. The Morgan fingerprint density at radius 1 is 1.22 bits per heavy atom. The third kappa shape index (κ3) is 3.87. The molecule has 1 atom stereocenters. The Bertz CT molecular complexity index is 577. The number of benzene rings is 1. The summed E-state index contributed by atoms with van der Waals surface area (Å²) in [6.07, 6.45) is 3.12. The molecule has 23 heavy (non-hydrogen) atoms. The van der Waals surface area contributed by atoms with Crippen LogP contribution in [0.3, 0.4) is 0 Å². The summed E-state index contributed by atoms with van der Waals surface area (Å²) in [5, 5.41) is 3.69. The fourth-order valence-electron chi connectivity index (χ4n) is 3.44. The Morgan fingerprint density at radius 2 is 1.91 bits per heavy atom. The zero-order chi connectivity index (χ0) is 16.4. The zero-order valence-electron chi connectivity index (χ0n) is 13.9. The van der Waals surface area contributed by atoms with Gasteiger partial charge in [0.1, 0.15) is 0 Å². The van der Waals surface area contributed by atoms with Crippen LogP contribution in [0.2, 0.25) is 5.02 Å². The number of rotatable bonds is 3. The van der Waals surface area contributed by atoms with Gasteiger partial charge in [0.25, 0.3) is 5.91 Å². The van der Waals surface area contributed by atoms with Gasteiger partial charge in [-0.1, -0.05) is 11.6 Å². The van der Waals surface area contributed by atoms with Crippen molar-refractivity contribution in [1.29, 1.82) is 0 Å². The highest BCUT2D eigenvalue weighted by atomic mass is 35.5. The molecule has 2 fully saturated rings. The van der Waals surface area contributed by atoms with Gasteiger partial charge in [0, 0.05) is 31.8 Å². The van der Waals surface area contributed by atoms with E-state index >= 15 is 0 Å². The first-order chi connectivity index (χ1) is 11.0. The van der Waals surface area contributed by atoms with E-state index in [9.17, 15) is 4.79 Å². The maximum Gasteiger partial charge on any atom is 0.253 e. The van der Waals surface area contributed by atoms with E-state index in [1.807, 2.05) is 26.0 Å². The number of piperidine rings is 1. The molecule has 2 heterocycles. The first-order valence-electron chi connectivity index (χ1n) is 8.44. The topological polar surface area (TPSA) is 41.6 Å². The maximum absolute atomic E-state index is 12.5. The molecule has 0 bridgehead atoms. The van der Waals surface area contributed by atoms with Crippen molar-refractivity contribution >= 4 is 17.5 Å². The average molecular weight is 337 g/mol. The Labute approximate surface area is 143 Å². The molecule has 2 saturated heterocycles. The minimum atomic E-state index is -0.0549. The molecule has 2 aliphatic rings. The molecule has 1 aromatic rings. The van der Waals surface area contributed by atoms with Gasteiger partial charge in [-0.2, -0.15) is 0 Å². The van der Waals surface area contributed by atoms with E-state index < -0.39 is 0 Å². The number of ether oxygens (including phenoxy) is 1. The van der Waals surface area contributed by atoms with Gasteiger partial charge in [0.05, 0.1) is 17.2 Å². The molecule has 1 N–H and O–H groups in total. The first kappa shape index (κ1) is 16.7. The van der Waals surface area contributed by atoms with Gasteiger partial charge in [-0.25, -0.2) is 0 Å². The quantitative estimate of drug-likeness (QED) is 0.922. The summed E-state index contributed by atoms with van der Waals surface area (Å²) in [5.74, 6) is -0.0549. The van der Waals surface area contributed by atoms with Gasteiger partial charge >= 0.3 is 0 Å². The summed E-state index contributed by atoms with van der Waals surface area (Å²) in [7, 11) is 0. The average Bonchev–Trinajstić information content (AvgIpc) is 3.06. The molecule has 1 aromatic carbocycles. The van der Waals surface area contributed by atoms with Crippen LogP contribution in [-0.4, -0.2) is 49.2 Å².